The van der Waals surface area contributed by atoms with Crippen LogP contribution in [-0.4, -0.2) is 29.6 Å². The number of carbonyl (C=O) groups excluding carboxylic acids is 1. The van der Waals surface area contributed by atoms with Gasteiger partial charge in [-0.1, -0.05) is 24.3 Å². The minimum Gasteiger partial charge on any atom is -0.380 e. The summed E-state index contributed by atoms with van der Waals surface area (Å²) in [6.45, 7) is 8.61. The molecule has 0 aromatic heterocycles. The van der Waals surface area contributed by atoms with Crippen LogP contribution < -0.4 is 4.90 Å². The molecule has 4 nitrogen and oxygen atoms in total. The molecule has 158 valence electrons. The first-order valence-electron chi connectivity index (χ1n) is 9.38. The second-order valence-electron chi connectivity index (χ2n) is 7.60. The third kappa shape index (κ3) is 4.46. The average molecular weight is 420 g/mol. The van der Waals surface area contributed by atoms with Crippen molar-refractivity contribution in [2.75, 3.05) is 18.0 Å². The lowest BCUT2D eigenvalue weighted by atomic mass is 9.92. The van der Waals surface area contributed by atoms with E-state index in [-0.39, 0.29) is 17.9 Å². The predicted octanol–water partition coefficient (Wildman–Crippen LogP) is 4.71. The van der Waals surface area contributed by atoms with E-state index in [9.17, 15) is 27.5 Å². The Morgan fingerprint density at radius 3 is 2.67 bits per heavy atom. The van der Waals surface area contributed by atoms with Crippen molar-refractivity contribution < 1.29 is 27.5 Å². The molecule has 2 aromatic rings. The Bertz CT molecular complexity index is 1010. The molecule has 0 bridgehead atoms. The SMILES string of the molecule is [C-]#[N+]c1ccc(CC(=O)[C@@](C)(O)CN2CCCc3c(F)cccc32)cc1C(F)(F)F. The van der Waals surface area contributed by atoms with Gasteiger partial charge in [0.05, 0.1) is 18.7 Å². The summed E-state index contributed by atoms with van der Waals surface area (Å²) in [5.41, 5.74) is -2.31. The number of β-amino-alcohol motifs (C(OH)–C–C–N with tert-alkyl or cyclic N) is 1. The van der Waals surface area contributed by atoms with E-state index < -0.39 is 35.2 Å². The Morgan fingerprint density at radius 2 is 2.00 bits per heavy atom. The van der Waals surface area contributed by atoms with Crippen molar-refractivity contribution in [1.29, 1.82) is 0 Å². The zero-order valence-corrected chi connectivity index (χ0v) is 16.3. The maximum Gasteiger partial charge on any atom is 0.407 e. The molecule has 1 aliphatic rings. The van der Waals surface area contributed by atoms with Gasteiger partial charge in [0.2, 0.25) is 0 Å². The number of anilines is 1. The lowest BCUT2D eigenvalue weighted by molar-refractivity contribution is -0.137. The Morgan fingerprint density at radius 1 is 1.27 bits per heavy atom. The molecule has 2 aromatic carbocycles. The number of ketones is 1. The molecule has 0 amide bonds. The predicted molar refractivity (Wildman–Crippen MR) is 104 cm³/mol. The molecule has 0 saturated heterocycles. The lowest BCUT2D eigenvalue weighted by Crippen LogP contribution is -2.49. The minimum absolute atomic E-state index is 0.0603. The standard InChI is InChI=1S/C22H20F4N2O2/c1-21(30,13-28-10-4-5-15-17(23)6-3-7-19(15)28)20(29)12-14-8-9-18(27-2)16(11-14)22(24,25)26/h3,6-9,11,30H,4-5,10,12-13H2,1H3/t21-/m0/s1. The van der Waals surface area contributed by atoms with Crippen molar-refractivity contribution >= 4 is 17.2 Å². The first-order valence-corrected chi connectivity index (χ1v) is 9.38. The molecule has 8 heteroatoms. The normalized spacial score (nSPS) is 15.8. The first-order chi connectivity index (χ1) is 14.0. The summed E-state index contributed by atoms with van der Waals surface area (Å²) in [4.78, 5) is 17.3. The Hall–Kier alpha value is -2.92. The molecule has 3 rings (SSSR count). The molecule has 1 N–H and O–H groups in total. The van der Waals surface area contributed by atoms with E-state index in [1.165, 1.54) is 19.1 Å². The second-order valence-corrected chi connectivity index (χ2v) is 7.60. The molecule has 0 aliphatic carbocycles. The van der Waals surface area contributed by atoms with Crippen LogP contribution in [0.2, 0.25) is 0 Å². The number of alkyl halides is 3. The van der Waals surface area contributed by atoms with Gasteiger partial charge in [-0.3, -0.25) is 4.79 Å². The van der Waals surface area contributed by atoms with Crippen LogP contribution in [-0.2, 0) is 23.8 Å². The van der Waals surface area contributed by atoms with Crippen molar-refractivity contribution in [2.45, 2.75) is 38.0 Å². The van der Waals surface area contributed by atoms with Crippen molar-refractivity contribution in [3.05, 3.63) is 70.3 Å². The highest BCUT2D eigenvalue weighted by Gasteiger charge is 2.36. The van der Waals surface area contributed by atoms with Gasteiger partial charge >= 0.3 is 6.18 Å². The fraction of sp³-hybridized carbons (Fsp3) is 0.364. The Labute approximate surface area is 171 Å². The number of aliphatic hydroxyl groups is 1. The van der Waals surface area contributed by atoms with Crippen molar-refractivity contribution in [2.24, 2.45) is 0 Å². The average Bonchev–Trinajstić information content (AvgIpc) is 2.68. The van der Waals surface area contributed by atoms with E-state index >= 15 is 0 Å². The van der Waals surface area contributed by atoms with Crippen molar-refractivity contribution in [1.82, 2.24) is 0 Å². The maximum absolute atomic E-state index is 14.1. The van der Waals surface area contributed by atoms with Gasteiger partial charge in [-0.25, -0.2) is 9.24 Å². The van der Waals surface area contributed by atoms with Crippen LogP contribution in [0, 0.1) is 12.4 Å². The fourth-order valence-electron chi connectivity index (χ4n) is 3.68. The first kappa shape index (κ1) is 21.8. The highest BCUT2D eigenvalue weighted by atomic mass is 19.4. The topological polar surface area (TPSA) is 44.9 Å². The summed E-state index contributed by atoms with van der Waals surface area (Å²) in [7, 11) is 0. The summed E-state index contributed by atoms with van der Waals surface area (Å²) in [6, 6.07) is 7.71. The van der Waals surface area contributed by atoms with Gasteiger partial charge in [0.15, 0.2) is 11.5 Å². The molecule has 0 fully saturated rings. The monoisotopic (exact) mass is 420 g/mol. The van der Waals surface area contributed by atoms with E-state index in [0.717, 1.165) is 12.1 Å². The van der Waals surface area contributed by atoms with Gasteiger partial charge in [0, 0.05) is 24.2 Å². The van der Waals surface area contributed by atoms with Crippen LogP contribution in [0.15, 0.2) is 36.4 Å². The molecule has 1 aliphatic heterocycles. The number of halogens is 4. The summed E-state index contributed by atoms with van der Waals surface area (Å²) >= 11 is 0. The van der Waals surface area contributed by atoms with E-state index in [4.69, 9.17) is 6.57 Å². The van der Waals surface area contributed by atoms with Gasteiger partial charge in [-0.2, -0.15) is 13.2 Å². The number of nitrogens with zero attached hydrogens (tertiary/aromatic N) is 2. The highest BCUT2D eigenvalue weighted by Crippen LogP contribution is 2.37. The zero-order chi connectivity index (χ0) is 22.1. The number of fused-ring (bicyclic) bond motifs is 1. The third-order valence-electron chi connectivity index (χ3n) is 5.24. The smallest absolute Gasteiger partial charge is 0.380 e. The molecule has 0 radical (unpaired) electrons. The number of hydrogen-bond acceptors (Lipinski definition) is 3. The van der Waals surface area contributed by atoms with E-state index in [1.54, 1.807) is 17.0 Å². The number of benzene rings is 2. The Balaban J connectivity index is 1.80. The molecule has 1 atom stereocenters. The molecule has 1 heterocycles. The number of Topliss-reactive ketones (excluding diaryl/α,β-unsaturated/α-hetero) is 1. The van der Waals surface area contributed by atoms with Crippen molar-refractivity contribution in [3.8, 4) is 0 Å². The molecule has 0 saturated carbocycles. The van der Waals surface area contributed by atoms with Gasteiger partial charge in [0.25, 0.3) is 0 Å². The minimum atomic E-state index is -4.72. The zero-order valence-electron chi connectivity index (χ0n) is 16.3. The van der Waals surface area contributed by atoms with Gasteiger partial charge in [-0.15, -0.1) is 0 Å². The lowest BCUT2D eigenvalue weighted by Gasteiger charge is -2.36. The van der Waals surface area contributed by atoms with Crippen LogP contribution in [0.5, 0.6) is 0 Å². The molecule has 0 spiro atoms. The number of carbonyl (C=O) groups is 1. The summed E-state index contributed by atoms with van der Waals surface area (Å²) in [5.74, 6) is -1.00. The Kier molecular flexibility index (Phi) is 5.86. The molecular weight excluding hydrogens is 400 g/mol. The summed E-state index contributed by atoms with van der Waals surface area (Å²) < 4.78 is 53.5. The number of rotatable bonds is 5. The van der Waals surface area contributed by atoms with Crippen LogP contribution in [0.4, 0.5) is 28.9 Å². The van der Waals surface area contributed by atoms with Gasteiger partial charge in [-0.05, 0) is 37.5 Å². The van der Waals surface area contributed by atoms with Gasteiger partial charge < -0.3 is 10.0 Å². The second kappa shape index (κ2) is 8.07. The van der Waals surface area contributed by atoms with Crippen LogP contribution in [0.3, 0.4) is 0 Å². The fourth-order valence-corrected chi connectivity index (χ4v) is 3.68. The summed E-state index contributed by atoms with van der Waals surface area (Å²) in [6.07, 6.45) is -3.92. The van der Waals surface area contributed by atoms with E-state index in [0.29, 0.717) is 30.6 Å². The highest BCUT2D eigenvalue weighted by molar-refractivity contribution is 5.89. The van der Waals surface area contributed by atoms with E-state index in [2.05, 4.69) is 4.85 Å². The van der Waals surface area contributed by atoms with Crippen LogP contribution >= 0.6 is 0 Å². The molecule has 30 heavy (non-hydrogen) atoms. The van der Waals surface area contributed by atoms with Crippen LogP contribution in [0.25, 0.3) is 4.85 Å². The van der Waals surface area contributed by atoms with Crippen molar-refractivity contribution in [3.63, 3.8) is 0 Å². The molecular formula is C22H20F4N2O2. The van der Waals surface area contributed by atoms with E-state index in [1.807, 2.05) is 0 Å². The quantitative estimate of drug-likeness (QED) is 0.563. The van der Waals surface area contributed by atoms with Gasteiger partial charge in [0.1, 0.15) is 11.4 Å². The number of hydrogen-bond donors (Lipinski definition) is 1. The maximum atomic E-state index is 14.1. The third-order valence-corrected chi connectivity index (χ3v) is 5.24. The largest absolute Gasteiger partial charge is 0.407 e. The summed E-state index contributed by atoms with van der Waals surface area (Å²) in [5, 5.41) is 10.8. The van der Waals surface area contributed by atoms with Crippen LogP contribution in [0.1, 0.15) is 30.0 Å². The molecule has 0 unspecified atom stereocenters.